The summed E-state index contributed by atoms with van der Waals surface area (Å²) in [7, 11) is 1.62. The lowest BCUT2D eigenvalue weighted by molar-refractivity contribution is -0.154. The van der Waals surface area contributed by atoms with Gasteiger partial charge in [-0.1, -0.05) is 24.3 Å². The third-order valence-corrected chi connectivity index (χ3v) is 3.87. The number of rotatable bonds is 7. The maximum Gasteiger partial charge on any atom is 0.422 e. The Kier molecular flexibility index (Phi) is 6.89. The number of nitrogens with one attached hydrogen (secondary N) is 2. The van der Waals surface area contributed by atoms with Crippen LogP contribution in [0.25, 0.3) is 11.5 Å². The SMILES string of the molecule is CN=C(NCc1ccc(OCC(F)(F)F)nc1)NCc1coc(-c2ccccc2)n1. The molecule has 2 N–H and O–H groups in total. The number of hydrogen-bond acceptors (Lipinski definition) is 5. The minimum Gasteiger partial charge on any atom is -0.468 e. The molecule has 7 nitrogen and oxygen atoms in total. The van der Waals surface area contributed by atoms with Crippen molar-refractivity contribution in [1.29, 1.82) is 0 Å². The molecule has 0 spiro atoms. The number of aromatic nitrogens is 2. The minimum atomic E-state index is -4.40. The van der Waals surface area contributed by atoms with Crippen molar-refractivity contribution in [3.63, 3.8) is 0 Å². The van der Waals surface area contributed by atoms with E-state index in [9.17, 15) is 13.2 Å². The first-order valence-electron chi connectivity index (χ1n) is 9.02. The van der Waals surface area contributed by atoms with E-state index in [2.05, 4.69) is 30.3 Å². The summed E-state index contributed by atoms with van der Waals surface area (Å²) >= 11 is 0. The van der Waals surface area contributed by atoms with Gasteiger partial charge in [-0.3, -0.25) is 4.99 Å². The highest BCUT2D eigenvalue weighted by atomic mass is 19.4. The Morgan fingerprint density at radius 1 is 1.10 bits per heavy atom. The van der Waals surface area contributed by atoms with E-state index >= 15 is 0 Å². The van der Waals surface area contributed by atoms with Crippen LogP contribution in [0, 0.1) is 0 Å². The molecule has 2 heterocycles. The number of guanidine groups is 1. The predicted molar refractivity (Wildman–Crippen MR) is 105 cm³/mol. The number of halogens is 3. The predicted octanol–water partition coefficient (Wildman–Crippen LogP) is 3.54. The van der Waals surface area contributed by atoms with Crippen LogP contribution in [0.1, 0.15) is 11.3 Å². The van der Waals surface area contributed by atoms with Crippen molar-refractivity contribution in [3.8, 4) is 17.3 Å². The van der Waals surface area contributed by atoms with E-state index in [1.165, 1.54) is 12.3 Å². The highest BCUT2D eigenvalue weighted by molar-refractivity contribution is 5.79. The smallest absolute Gasteiger partial charge is 0.422 e. The number of nitrogens with zero attached hydrogens (tertiary/aromatic N) is 3. The summed E-state index contributed by atoms with van der Waals surface area (Å²) in [5, 5.41) is 6.21. The van der Waals surface area contributed by atoms with Gasteiger partial charge in [0.1, 0.15) is 6.26 Å². The number of pyridine rings is 1. The van der Waals surface area contributed by atoms with Crippen molar-refractivity contribution in [1.82, 2.24) is 20.6 Å². The van der Waals surface area contributed by atoms with E-state index in [1.807, 2.05) is 30.3 Å². The quantitative estimate of drug-likeness (QED) is 0.450. The van der Waals surface area contributed by atoms with Crippen LogP contribution in [-0.4, -0.2) is 35.8 Å². The normalized spacial score (nSPS) is 11.9. The molecule has 0 saturated carbocycles. The zero-order valence-corrected chi connectivity index (χ0v) is 16.1. The highest BCUT2D eigenvalue weighted by Crippen LogP contribution is 2.18. The molecule has 0 saturated heterocycles. The second-order valence-electron chi connectivity index (χ2n) is 6.20. The standard InChI is InChI=1S/C20H20F3N5O2/c1-24-19(26-10-14-7-8-17(25-9-14)30-13-20(21,22)23)27-11-16-12-29-18(28-16)15-5-3-2-4-6-15/h2-9,12H,10-11,13H2,1H3,(H2,24,26,27). The monoisotopic (exact) mass is 419 g/mol. The fraction of sp³-hybridized carbons (Fsp3) is 0.250. The van der Waals surface area contributed by atoms with Crippen LogP contribution in [-0.2, 0) is 13.1 Å². The van der Waals surface area contributed by atoms with E-state index in [0.717, 1.165) is 11.1 Å². The zero-order valence-electron chi connectivity index (χ0n) is 16.1. The first kappa shape index (κ1) is 21.2. The van der Waals surface area contributed by atoms with Crippen molar-refractivity contribution in [2.75, 3.05) is 13.7 Å². The molecule has 0 aliphatic carbocycles. The van der Waals surface area contributed by atoms with Crippen LogP contribution < -0.4 is 15.4 Å². The van der Waals surface area contributed by atoms with Crippen LogP contribution in [0.15, 0.2) is 64.3 Å². The largest absolute Gasteiger partial charge is 0.468 e. The summed E-state index contributed by atoms with van der Waals surface area (Å²) in [5.74, 6) is 0.977. The van der Waals surface area contributed by atoms with E-state index in [1.54, 1.807) is 19.4 Å². The lowest BCUT2D eigenvalue weighted by Gasteiger charge is -2.11. The number of oxazole rings is 1. The van der Waals surface area contributed by atoms with E-state index in [4.69, 9.17) is 4.42 Å². The van der Waals surface area contributed by atoms with Crippen molar-refractivity contribution >= 4 is 5.96 Å². The third kappa shape index (κ3) is 6.50. The molecule has 0 fully saturated rings. The van der Waals surface area contributed by atoms with Crippen molar-refractivity contribution in [2.45, 2.75) is 19.3 Å². The molecule has 0 aliphatic heterocycles. The molecular weight excluding hydrogens is 399 g/mol. The molecule has 1 aromatic carbocycles. The Morgan fingerprint density at radius 2 is 1.87 bits per heavy atom. The van der Waals surface area contributed by atoms with Crippen LogP contribution in [0.5, 0.6) is 5.88 Å². The van der Waals surface area contributed by atoms with Gasteiger partial charge in [0.05, 0.1) is 12.2 Å². The first-order valence-corrected chi connectivity index (χ1v) is 9.02. The van der Waals surface area contributed by atoms with Gasteiger partial charge < -0.3 is 19.8 Å². The topological polar surface area (TPSA) is 84.6 Å². The van der Waals surface area contributed by atoms with Gasteiger partial charge >= 0.3 is 6.18 Å². The molecule has 0 atom stereocenters. The Labute approximate surface area is 171 Å². The lowest BCUT2D eigenvalue weighted by atomic mass is 10.2. The Balaban J connectivity index is 1.47. The molecular formula is C20H20F3N5O2. The summed E-state index contributed by atoms with van der Waals surface area (Å²) in [6, 6.07) is 12.6. The highest BCUT2D eigenvalue weighted by Gasteiger charge is 2.28. The Morgan fingerprint density at radius 3 is 2.53 bits per heavy atom. The van der Waals surface area contributed by atoms with E-state index < -0.39 is 12.8 Å². The molecule has 0 radical (unpaired) electrons. The lowest BCUT2D eigenvalue weighted by Crippen LogP contribution is -2.36. The van der Waals surface area contributed by atoms with Gasteiger partial charge in [0, 0.05) is 31.4 Å². The molecule has 10 heteroatoms. The molecule has 0 unspecified atom stereocenters. The summed E-state index contributed by atoms with van der Waals surface area (Å²) in [6.07, 6.45) is -1.38. The number of aliphatic imine (C=N–C) groups is 1. The number of benzene rings is 1. The van der Waals surface area contributed by atoms with Gasteiger partial charge in [-0.2, -0.15) is 13.2 Å². The van der Waals surface area contributed by atoms with Gasteiger partial charge in [0.25, 0.3) is 0 Å². The second kappa shape index (κ2) is 9.77. The second-order valence-corrected chi connectivity index (χ2v) is 6.20. The van der Waals surface area contributed by atoms with Gasteiger partial charge in [0.15, 0.2) is 12.6 Å². The van der Waals surface area contributed by atoms with Crippen molar-refractivity contribution in [2.24, 2.45) is 4.99 Å². The van der Waals surface area contributed by atoms with Gasteiger partial charge in [-0.05, 0) is 17.7 Å². The average Bonchev–Trinajstić information content (AvgIpc) is 3.22. The summed E-state index contributed by atoms with van der Waals surface area (Å²) in [5.41, 5.74) is 2.36. The summed E-state index contributed by atoms with van der Waals surface area (Å²) in [4.78, 5) is 12.4. The van der Waals surface area contributed by atoms with Crippen LogP contribution >= 0.6 is 0 Å². The average molecular weight is 419 g/mol. The van der Waals surface area contributed by atoms with Crippen LogP contribution in [0.2, 0.25) is 0 Å². The maximum absolute atomic E-state index is 12.2. The van der Waals surface area contributed by atoms with Crippen molar-refractivity contribution in [3.05, 3.63) is 66.2 Å². The zero-order chi connectivity index (χ0) is 21.4. The van der Waals surface area contributed by atoms with E-state index in [-0.39, 0.29) is 5.88 Å². The molecule has 0 bridgehead atoms. The fourth-order valence-corrected chi connectivity index (χ4v) is 2.44. The number of hydrogen-bond donors (Lipinski definition) is 2. The van der Waals surface area contributed by atoms with Gasteiger partial charge in [-0.15, -0.1) is 0 Å². The van der Waals surface area contributed by atoms with Crippen LogP contribution in [0.4, 0.5) is 13.2 Å². The molecule has 3 rings (SSSR count). The van der Waals surface area contributed by atoms with E-state index in [0.29, 0.717) is 30.6 Å². The third-order valence-electron chi connectivity index (χ3n) is 3.87. The number of ether oxygens (including phenoxy) is 1. The molecule has 2 aromatic heterocycles. The van der Waals surface area contributed by atoms with Crippen molar-refractivity contribution < 1.29 is 22.3 Å². The maximum atomic E-state index is 12.2. The Hall–Kier alpha value is -3.56. The summed E-state index contributed by atoms with van der Waals surface area (Å²) in [6.45, 7) is -0.596. The minimum absolute atomic E-state index is 0.0844. The molecule has 158 valence electrons. The van der Waals surface area contributed by atoms with Crippen LogP contribution in [0.3, 0.4) is 0 Å². The van der Waals surface area contributed by atoms with Gasteiger partial charge in [-0.25, -0.2) is 9.97 Å². The number of alkyl halides is 3. The fourth-order valence-electron chi connectivity index (χ4n) is 2.44. The van der Waals surface area contributed by atoms with Gasteiger partial charge in [0.2, 0.25) is 11.8 Å². The molecule has 30 heavy (non-hydrogen) atoms. The molecule has 0 aliphatic rings. The first-order chi connectivity index (χ1) is 14.4. The Bertz CT molecular complexity index is 957. The summed E-state index contributed by atoms with van der Waals surface area (Å²) < 4.78 is 46.6. The molecule has 3 aromatic rings. The molecule has 0 amide bonds.